The average Bonchev–Trinajstić information content (AvgIpc) is 3.22. The van der Waals surface area contributed by atoms with Gasteiger partial charge in [0.05, 0.1) is 12.8 Å². The number of amides is 3. The van der Waals surface area contributed by atoms with Gasteiger partial charge >= 0.3 is 6.03 Å². The van der Waals surface area contributed by atoms with Crippen molar-refractivity contribution in [3.63, 3.8) is 0 Å². The molecule has 0 unspecified atom stereocenters. The quantitative estimate of drug-likeness (QED) is 0.717. The van der Waals surface area contributed by atoms with Crippen LogP contribution < -0.4 is 10.1 Å². The van der Waals surface area contributed by atoms with Crippen LogP contribution in [0, 0.1) is 0 Å². The van der Waals surface area contributed by atoms with Gasteiger partial charge in [0.1, 0.15) is 11.8 Å². The van der Waals surface area contributed by atoms with Crippen LogP contribution in [0.3, 0.4) is 0 Å². The van der Waals surface area contributed by atoms with Gasteiger partial charge in [-0.1, -0.05) is 23.4 Å². The fourth-order valence-electron chi connectivity index (χ4n) is 3.13. The van der Waals surface area contributed by atoms with Crippen molar-refractivity contribution < 1.29 is 14.3 Å². The molecule has 1 atom stereocenters. The number of carbonyl (C=O) groups excluding carboxylic acids is 2. The van der Waals surface area contributed by atoms with E-state index in [1.165, 1.54) is 4.90 Å². The molecule has 2 heterocycles. The molecule has 3 amide bonds. The summed E-state index contributed by atoms with van der Waals surface area (Å²) in [7, 11) is 1.64. The van der Waals surface area contributed by atoms with Gasteiger partial charge in [-0.3, -0.25) is 9.69 Å². The topological polar surface area (TPSA) is 89.3 Å². The summed E-state index contributed by atoms with van der Waals surface area (Å²) in [5.41, 5.74) is 1.76. The van der Waals surface area contributed by atoms with Crippen molar-refractivity contribution in [2.45, 2.75) is 45.2 Å². The number of benzene rings is 1. The molecule has 0 saturated carbocycles. The number of urea groups is 1. The molecule has 0 aliphatic carbocycles. The van der Waals surface area contributed by atoms with Crippen molar-refractivity contribution >= 4 is 11.9 Å². The second kappa shape index (κ2) is 8.20. The Balaban J connectivity index is 1.55. The van der Waals surface area contributed by atoms with E-state index in [2.05, 4.69) is 15.6 Å². The third-order valence-corrected chi connectivity index (χ3v) is 4.63. The van der Waals surface area contributed by atoms with Gasteiger partial charge in [-0.25, -0.2) is 9.48 Å². The number of hydrogen-bond donors (Lipinski definition) is 1. The first kappa shape index (κ1) is 18.9. The van der Waals surface area contributed by atoms with Gasteiger partial charge in [0, 0.05) is 25.2 Å². The largest absolute Gasteiger partial charge is 0.496 e. The highest BCUT2D eigenvalue weighted by atomic mass is 16.5. The second-order valence-electron chi connectivity index (χ2n) is 6.90. The number of rotatable bonds is 8. The number of carbonyl (C=O) groups is 2. The van der Waals surface area contributed by atoms with Crippen molar-refractivity contribution in [1.82, 2.24) is 25.2 Å². The second-order valence-corrected chi connectivity index (χ2v) is 6.90. The Bertz CT molecular complexity index is 817. The molecule has 8 nitrogen and oxygen atoms in total. The first-order chi connectivity index (χ1) is 13.0. The minimum atomic E-state index is -0.582. The molecular weight excluding hydrogens is 346 g/mol. The van der Waals surface area contributed by atoms with Crippen LogP contribution >= 0.6 is 0 Å². The zero-order valence-corrected chi connectivity index (χ0v) is 15.9. The van der Waals surface area contributed by atoms with Crippen LogP contribution in [0.2, 0.25) is 0 Å². The molecule has 144 valence electrons. The first-order valence-corrected chi connectivity index (χ1v) is 9.14. The smallest absolute Gasteiger partial charge is 0.324 e. The molecule has 1 fully saturated rings. The van der Waals surface area contributed by atoms with E-state index in [1.54, 1.807) is 11.8 Å². The maximum absolute atomic E-state index is 12.6. The highest BCUT2D eigenvalue weighted by molar-refractivity contribution is 6.04. The number of imide groups is 1. The van der Waals surface area contributed by atoms with E-state index < -0.39 is 6.04 Å². The maximum atomic E-state index is 12.6. The number of nitrogens with one attached hydrogen (secondary N) is 1. The number of aryl methyl sites for hydroxylation is 1. The van der Waals surface area contributed by atoms with Crippen LogP contribution in [0.1, 0.15) is 37.6 Å². The van der Waals surface area contributed by atoms with Gasteiger partial charge in [0.25, 0.3) is 5.91 Å². The predicted molar refractivity (Wildman–Crippen MR) is 99.5 cm³/mol. The van der Waals surface area contributed by atoms with E-state index in [0.29, 0.717) is 25.1 Å². The molecule has 0 spiro atoms. The highest BCUT2D eigenvalue weighted by Gasteiger charge is 2.37. The third kappa shape index (κ3) is 4.27. The molecule has 27 heavy (non-hydrogen) atoms. The molecule has 0 bridgehead atoms. The van der Waals surface area contributed by atoms with E-state index >= 15 is 0 Å². The summed E-state index contributed by atoms with van der Waals surface area (Å²) in [4.78, 5) is 26.1. The van der Waals surface area contributed by atoms with E-state index in [-0.39, 0.29) is 18.0 Å². The first-order valence-electron chi connectivity index (χ1n) is 9.14. The zero-order valence-electron chi connectivity index (χ0n) is 15.9. The Labute approximate surface area is 158 Å². The Morgan fingerprint density at radius 1 is 1.26 bits per heavy atom. The number of aromatic nitrogens is 3. The van der Waals surface area contributed by atoms with Gasteiger partial charge in [0.15, 0.2) is 0 Å². The van der Waals surface area contributed by atoms with E-state index in [0.717, 1.165) is 17.7 Å². The molecule has 0 radical (unpaired) electrons. The van der Waals surface area contributed by atoms with Crippen molar-refractivity contribution in [2.75, 3.05) is 13.7 Å². The molecule has 3 rings (SSSR count). The van der Waals surface area contributed by atoms with E-state index in [4.69, 9.17) is 4.74 Å². The lowest BCUT2D eigenvalue weighted by Gasteiger charge is -2.13. The average molecular weight is 371 g/mol. The monoisotopic (exact) mass is 371 g/mol. The summed E-state index contributed by atoms with van der Waals surface area (Å²) in [6.45, 7) is 4.38. The molecule has 1 N–H and O–H groups in total. The third-order valence-electron chi connectivity index (χ3n) is 4.63. The summed E-state index contributed by atoms with van der Waals surface area (Å²) in [6.07, 6.45) is 3.57. The van der Waals surface area contributed by atoms with E-state index in [9.17, 15) is 9.59 Å². The van der Waals surface area contributed by atoms with Crippen LogP contribution in [0.15, 0.2) is 30.5 Å². The minimum Gasteiger partial charge on any atom is -0.496 e. The lowest BCUT2D eigenvalue weighted by atomic mass is 10.1. The summed E-state index contributed by atoms with van der Waals surface area (Å²) in [6, 6.07) is 7.04. The zero-order chi connectivity index (χ0) is 19.4. The summed E-state index contributed by atoms with van der Waals surface area (Å²) >= 11 is 0. The van der Waals surface area contributed by atoms with Gasteiger partial charge in [-0.05, 0) is 38.3 Å². The Morgan fingerprint density at radius 3 is 2.74 bits per heavy atom. The fourth-order valence-corrected chi connectivity index (χ4v) is 3.13. The molecule has 8 heteroatoms. The highest BCUT2D eigenvalue weighted by Crippen LogP contribution is 2.20. The van der Waals surface area contributed by atoms with Crippen LogP contribution in [0.5, 0.6) is 5.75 Å². The van der Waals surface area contributed by atoms with Crippen molar-refractivity contribution in [2.24, 2.45) is 0 Å². The van der Waals surface area contributed by atoms with Crippen LogP contribution in [-0.4, -0.2) is 51.5 Å². The molecule has 1 saturated heterocycles. The summed E-state index contributed by atoms with van der Waals surface area (Å²) in [5, 5.41) is 10.9. The molecule has 1 aliphatic rings. The summed E-state index contributed by atoms with van der Waals surface area (Å²) < 4.78 is 7.08. The van der Waals surface area contributed by atoms with Crippen molar-refractivity contribution in [1.29, 1.82) is 0 Å². The normalized spacial score (nSPS) is 16.9. The van der Waals surface area contributed by atoms with Crippen molar-refractivity contribution in [3.05, 3.63) is 41.7 Å². The van der Waals surface area contributed by atoms with Crippen molar-refractivity contribution in [3.8, 4) is 5.75 Å². The van der Waals surface area contributed by atoms with Gasteiger partial charge in [0.2, 0.25) is 0 Å². The summed E-state index contributed by atoms with van der Waals surface area (Å²) in [5.74, 6) is 0.611. The number of hydrogen-bond acceptors (Lipinski definition) is 5. The lowest BCUT2D eigenvalue weighted by Crippen LogP contribution is -2.33. The Morgan fingerprint density at radius 2 is 2.04 bits per heavy atom. The van der Waals surface area contributed by atoms with Gasteiger partial charge in [-0.2, -0.15) is 0 Å². The maximum Gasteiger partial charge on any atom is 0.324 e. The lowest BCUT2D eigenvalue weighted by molar-refractivity contribution is -0.127. The molecular formula is C19H25N5O3. The van der Waals surface area contributed by atoms with Gasteiger partial charge < -0.3 is 10.1 Å². The standard InChI is InChI=1S/C19H25N5O3/c1-13(2)24-12-15(21-22-24)11-16-18(25)23(19(26)20-16)10-6-8-14-7-4-5-9-17(14)27-3/h4-5,7,9,12-13,16H,6,8,10-11H2,1-3H3,(H,20,26)/t16-/m0/s1. The molecule has 1 aromatic carbocycles. The molecule has 1 aromatic heterocycles. The van der Waals surface area contributed by atoms with Crippen LogP contribution in [0.25, 0.3) is 0 Å². The number of methoxy groups -OCH3 is 1. The minimum absolute atomic E-state index is 0.201. The molecule has 1 aliphatic heterocycles. The number of nitrogens with zero attached hydrogens (tertiary/aromatic N) is 4. The van der Waals surface area contributed by atoms with Crippen LogP contribution in [-0.2, 0) is 17.6 Å². The Hall–Kier alpha value is -2.90. The van der Waals surface area contributed by atoms with E-state index in [1.807, 2.05) is 44.3 Å². The molecule has 2 aromatic rings. The predicted octanol–water partition coefficient (Wildman–Crippen LogP) is 1.96. The SMILES string of the molecule is COc1ccccc1CCCN1C(=O)N[C@@H](Cc2cn(C(C)C)nn2)C1=O. The number of para-hydroxylation sites is 1. The number of ether oxygens (including phenoxy) is 1. The fraction of sp³-hybridized carbons (Fsp3) is 0.474. The van der Waals surface area contributed by atoms with Crippen LogP contribution in [0.4, 0.5) is 4.79 Å². The van der Waals surface area contributed by atoms with Gasteiger partial charge in [-0.15, -0.1) is 5.10 Å². The Kier molecular flexibility index (Phi) is 5.73.